The van der Waals surface area contributed by atoms with Crippen LogP contribution in [-0.4, -0.2) is 71.5 Å². The number of anilines is 1. The lowest BCUT2D eigenvalue weighted by Crippen LogP contribution is -2.38. The second-order valence-electron chi connectivity index (χ2n) is 8.69. The zero-order valence-electron chi connectivity index (χ0n) is 20.2. The first-order chi connectivity index (χ1) is 17.0. The lowest BCUT2D eigenvalue weighted by molar-refractivity contribution is -0.115. The fraction of sp³-hybridized carbons (Fsp3) is 0.440. The van der Waals surface area contributed by atoms with E-state index in [1.807, 2.05) is 44.2 Å². The van der Waals surface area contributed by atoms with E-state index in [0.29, 0.717) is 10.8 Å². The number of amides is 1. The molecule has 2 N–H and O–H groups in total. The summed E-state index contributed by atoms with van der Waals surface area (Å²) in [7, 11) is 0. The van der Waals surface area contributed by atoms with E-state index in [4.69, 9.17) is 9.72 Å². The van der Waals surface area contributed by atoms with Gasteiger partial charge in [-0.15, -0.1) is 0 Å². The number of carbonyl (C=O) groups is 1. The van der Waals surface area contributed by atoms with E-state index in [2.05, 4.69) is 20.6 Å². The number of hydrogen-bond donors (Lipinski definition) is 2. The number of nitrogens with one attached hydrogen (secondary N) is 2. The minimum Gasteiger partial charge on any atom is -0.379 e. The van der Waals surface area contributed by atoms with Crippen LogP contribution in [0.25, 0.3) is 21.8 Å². The monoisotopic (exact) mass is 496 g/mol. The molecular formula is C25H32N6O3S. The molecule has 186 valence electrons. The van der Waals surface area contributed by atoms with Crippen molar-refractivity contribution in [3.05, 3.63) is 52.8 Å². The van der Waals surface area contributed by atoms with Gasteiger partial charge in [0.25, 0.3) is 5.56 Å². The van der Waals surface area contributed by atoms with Gasteiger partial charge in [0.15, 0.2) is 5.13 Å². The van der Waals surface area contributed by atoms with Crippen LogP contribution < -0.4 is 16.2 Å². The number of benzene rings is 1. The van der Waals surface area contributed by atoms with Crippen molar-refractivity contribution in [2.45, 2.75) is 26.3 Å². The summed E-state index contributed by atoms with van der Waals surface area (Å²) in [6.45, 7) is 9.36. The van der Waals surface area contributed by atoms with Crippen LogP contribution in [0.15, 0.2) is 47.3 Å². The number of rotatable bonds is 10. The Bertz CT molecular complexity index is 1170. The number of ether oxygens (including phenoxy) is 1. The fourth-order valence-corrected chi connectivity index (χ4v) is 4.84. The van der Waals surface area contributed by atoms with Crippen molar-refractivity contribution in [3.63, 3.8) is 0 Å². The maximum atomic E-state index is 12.6. The van der Waals surface area contributed by atoms with Gasteiger partial charge in [0, 0.05) is 24.7 Å². The van der Waals surface area contributed by atoms with Crippen molar-refractivity contribution < 1.29 is 9.53 Å². The van der Waals surface area contributed by atoms with Gasteiger partial charge in [-0.1, -0.05) is 41.7 Å². The number of morpholine rings is 1. The molecule has 1 aromatic carbocycles. The number of nitrogens with zero attached hydrogens (tertiary/aromatic N) is 4. The maximum Gasteiger partial charge on any atom is 0.267 e. The number of aromatic nitrogens is 3. The maximum absolute atomic E-state index is 12.6. The third-order valence-electron chi connectivity index (χ3n) is 5.68. The predicted octanol–water partition coefficient (Wildman–Crippen LogP) is 2.87. The molecule has 1 aliphatic rings. The standard InChI is InChI=1S/C25H32N6O3S/c1-18(2)31-22(33)10-9-20(29-31)24-23(19-7-4-3-5-8-19)28-25(35-24)27-21(32)17-26-11-6-12-30-13-15-34-16-14-30/h3-5,7-10,18,26H,6,11-17H2,1-2H3,(H,27,28,32). The van der Waals surface area contributed by atoms with Crippen LogP contribution in [0.2, 0.25) is 0 Å². The SMILES string of the molecule is CC(C)n1nc(-c2sc(NC(=O)CNCCCN3CCOCC3)nc2-c2ccccc2)ccc1=O. The lowest BCUT2D eigenvalue weighted by atomic mass is 10.1. The first-order valence-corrected chi connectivity index (χ1v) is 12.8. The average molecular weight is 497 g/mol. The van der Waals surface area contributed by atoms with Crippen LogP contribution in [0.5, 0.6) is 0 Å². The molecule has 0 unspecified atom stereocenters. The highest BCUT2D eigenvalue weighted by Gasteiger charge is 2.19. The third-order valence-corrected chi connectivity index (χ3v) is 6.68. The molecule has 1 amide bonds. The Labute approximate surface area is 209 Å². The van der Waals surface area contributed by atoms with E-state index < -0.39 is 0 Å². The summed E-state index contributed by atoms with van der Waals surface area (Å²) in [5.41, 5.74) is 2.15. The molecule has 1 aliphatic heterocycles. The van der Waals surface area contributed by atoms with Crippen molar-refractivity contribution in [1.29, 1.82) is 0 Å². The van der Waals surface area contributed by atoms with Gasteiger partial charge in [0.05, 0.1) is 36.4 Å². The topological polar surface area (TPSA) is 101 Å². The van der Waals surface area contributed by atoms with Gasteiger partial charge in [-0.05, 0) is 39.4 Å². The Kier molecular flexibility index (Phi) is 8.75. The molecule has 4 rings (SSSR count). The van der Waals surface area contributed by atoms with Crippen molar-refractivity contribution in [2.24, 2.45) is 0 Å². The van der Waals surface area contributed by atoms with Crippen LogP contribution in [0, 0.1) is 0 Å². The normalized spacial score (nSPS) is 14.4. The van der Waals surface area contributed by atoms with Crippen LogP contribution >= 0.6 is 11.3 Å². The summed E-state index contributed by atoms with van der Waals surface area (Å²) in [6.07, 6.45) is 0.976. The minimum absolute atomic E-state index is 0.0657. The molecule has 0 bridgehead atoms. The molecule has 35 heavy (non-hydrogen) atoms. The van der Waals surface area contributed by atoms with E-state index in [9.17, 15) is 9.59 Å². The van der Waals surface area contributed by atoms with Gasteiger partial charge >= 0.3 is 0 Å². The van der Waals surface area contributed by atoms with Crippen LogP contribution in [0.3, 0.4) is 0 Å². The summed E-state index contributed by atoms with van der Waals surface area (Å²) in [5.74, 6) is -0.142. The van der Waals surface area contributed by atoms with Gasteiger partial charge in [-0.25, -0.2) is 9.67 Å². The number of carbonyl (C=O) groups excluding carboxylic acids is 1. The Morgan fingerprint density at radius 3 is 2.66 bits per heavy atom. The van der Waals surface area contributed by atoms with Gasteiger partial charge in [-0.3, -0.25) is 14.5 Å². The van der Waals surface area contributed by atoms with Gasteiger partial charge in [0.2, 0.25) is 5.91 Å². The van der Waals surface area contributed by atoms with Gasteiger partial charge in [-0.2, -0.15) is 5.10 Å². The lowest BCUT2D eigenvalue weighted by Gasteiger charge is -2.26. The van der Waals surface area contributed by atoms with Crippen molar-refractivity contribution in [2.75, 3.05) is 51.3 Å². The summed E-state index contributed by atoms with van der Waals surface area (Å²) >= 11 is 1.36. The van der Waals surface area contributed by atoms with E-state index in [0.717, 1.165) is 61.9 Å². The molecule has 0 radical (unpaired) electrons. The molecular weight excluding hydrogens is 464 g/mol. The molecule has 3 aromatic rings. The minimum atomic E-state index is -0.150. The Balaban J connectivity index is 1.43. The van der Waals surface area contributed by atoms with Crippen molar-refractivity contribution in [3.8, 4) is 21.8 Å². The highest BCUT2D eigenvalue weighted by Crippen LogP contribution is 2.37. The first kappa shape index (κ1) is 25.2. The molecule has 0 atom stereocenters. The summed E-state index contributed by atoms with van der Waals surface area (Å²) in [5, 5.41) is 11.2. The van der Waals surface area contributed by atoms with Crippen molar-refractivity contribution in [1.82, 2.24) is 25.0 Å². The van der Waals surface area contributed by atoms with Gasteiger partial charge in [0.1, 0.15) is 5.69 Å². The van der Waals surface area contributed by atoms with Crippen molar-refractivity contribution >= 4 is 22.4 Å². The summed E-state index contributed by atoms with van der Waals surface area (Å²) in [6, 6.07) is 12.9. The molecule has 0 saturated carbocycles. The van der Waals surface area contributed by atoms with Crippen LogP contribution in [0.4, 0.5) is 5.13 Å². The highest BCUT2D eigenvalue weighted by atomic mass is 32.1. The molecule has 0 aliphatic carbocycles. The largest absolute Gasteiger partial charge is 0.379 e. The summed E-state index contributed by atoms with van der Waals surface area (Å²) < 4.78 is 6.83. The van der Waals surface area contributed by atoms with Crippen LogP contribution in [-0.2, 0) is 9.53 Å². The number of thiazole rings is 1. The predicted molar refractivity (Wildman–Crippen MR) is 139 cm³/mol. The van der Waals surface area contributed by atoms with E-state index in [1.165, 1.54) is 22.1 Å². The zero-order chi connectivity index (χ0) is 24.6. The van der Waals surface area contributed by atoms with E-state index in [1.54, 1.807) is 6.07 Å². The van der Waals surface area contributed by atoms with E-state index in [-0.39, 0.29) is 24.1 Å². The second-order valence-corrected chi connectivity index (χ2v) is 9.69. The third kappa shape index (κ3) is 6.82. The van der Waals surface area contributed by atoms with Gasteiger partial charge < -0.3 is 15.4 Å². The average Bonchev–Trinajstić information content (AvgIpc) is 3.28. The number of hydrogen-bond acceptors (Lipinski definition) is 8. The molecule has 9 nitrogen and oxygen atoms in total. The fourth-order valence-electron chi connectivity index (χ4n) is 3.87. The Morgan fingerprint density at radius 2 is 1.91 bits per heavy atom. The van der Waals surface area contributed by atoms with E-state index >= 15 is 0 Å². The summed E-state index contributed by atoms with van der Waals surface area (Å²) in [4.78, 5) is 32.7. The second kappa shape index (κ2) is 12.2. The molecule has 0 spiro atoms. The smallest absolute Gasteiger partial charge is 0.267 e. The molecule has 1 saturated heterocycles. The molecule has 3 heterocycles. The quantitative estimate of drug-likeness (QED) is 0.416. The Morgan fingerprint density at radius 1 is 1.14 bits per heavy atom. The zero-order valence-corrected chi connectivity index (χ0v) is 21.0. The highest BCUT2D eigenvalue weighted by molar-refractivity contribution is 7.19. The molecule has 1 fully saturated rings. The molecule has 2 aromatic heterocycles. The van der Waals surface area contributed by atoms with Crippen LogP contribution in [0.1, 0.15) is 26.3 Å². The Hall–Kier alpha value is -2.92. The molecule has 10 heteroatoms. The first-order valence-electron chi connectivity index (χ1n) is 12.0.